The van der Waals surface area contributed by atoms with Crippen LogP contribution in [0, 0.1) is 0 Å². The van der Waals surface area contributed by atoms with Gasteiger partial charge < -0.3 is 5.11 Å². The average Bonchev–Trinajstić information content (AvgIpc) is 2.53. The van der Waals surface area contributed by atoms with E-state index in [4.69, 9.17) is 11.6 Å². The number of rotatable bonds is 4. The normalized spacial score (nSPS) is 12.5. The van der Waals surface area contributed by atoms with Crippen LogP contribution < -0.4 is 0 Å². The molecular weight excluding hydrogens is 302 g/mol. The molecule has 1 heterocycles. The molecule has 0 amide bonds. The smallest absolute Gasteiger partial charge is 0.105 e. The lowest BCUT2D eigenvalue weighted by Crippen LogP contribution is -2.03. The second-order valence-corrected chi connectivity index (χ2v) is 6.16. The molecule has 106 valence electrons. The van der Waals surface area contributed by atoms with Crippen molar-refractivity contribution in [1.29, 1.82) is 0 Å². The Morgan fingerprint density at radius 3 is 2.62 bits per heavy atom. The van der Waals surface area contributed by atoms with E-state index < -0.39 is 6.10 Å². The van der Waals surface area contributed by atoms with Gasteiger partial charge in [0.15, 0.2) is 0 Å². The second-order valence-electron chi connectivity index (χ2n) is 4.69. The standard InChI is InChI=1S/C17H14ClNOS/c18-13-6-2-4-8-17(13)21-11-16(20)15-10-9-12-5-1-3-7-14(12)19-15/h1-10,16,20H,11H2. The third kappa shape index (κ3) is 3.38. The van der Waals surface area contributed by atoms with E-state index in [0.29, 0.717) is 16.5 Å². The number of fused-ring (bicyclic) bond motifs is 1. The quantitative estimate of drug-likeness (QED) is 0.708. The topological polar surface area (TPSA) is 33.1 Å². The molecule has 0 aliphatic carbocycles. The van der Waals surface area contributed by atoms with Crippen molar-refractivity contribution in [3.63, 3.8) is 0 Å². The van der Waals surface area contributed by atoms with Crippen LogP contribution in [0.1, 0.15) is 11.8 Å². The highest BCUT2D eigenvalue weighted by molar-refractivity contribution is 7.99. The minimum Gasteiger partial charge on any atom is -0.386 e. The number of nitrogens with zero attached hydrogens (tertiary/aromatic N) is 1. The highest BCUT2D eigenvalue weighted by atomic mass is 35.5. The fourth-order valence-corrected chi connectivity index (χ4v) is 3.27. The van der Waals surface area contributed by atoms with Crippen molar-refractivity contribution in [1.82, 2.24) is 4.98 Å². The Bertz CT molecular complexity index is 762. The molecule has 21 heavy (non-hydrogen) atoms. The summed E-state index contributed by atoms with van der Waals surface area (Å²) in [6.45, 7) is 0. The molecule has 1 aromatic heterocycles. The van der Waals surface area contributed by atoms with E-state index in [2.05, 4.69) is 4.98 Å². The molecule has 1 unspecified atom stereocenters. The number of pyridine rings is 1. The highest BCUT2D eigenvalue weighted by Gasteiger charge is 2.11. The summed E-state index contributed by atoms with van der Waals surface area (Å²) in [5.74, 6) is 0.523. The summed E-state index contributed by atoms with van der Waals surface area (Å²) in [5, 5.41) is 12.1. The van der Waals surface area contributed by atoms with E-state index >= 15 is 0 Å². The lowest BCUT2D eigenvalue weighted by molar-refractivity contribution is 0.199. The molecule has 0 saturated carbocycles. The third-order valence-corrected chi connectivity index (χ3v) is 4.79. The van der Waals surface area contributed by atoms with Crippen molar-refractivity contribution < 1.29 is 5.11 Å². The minimum absolute atomic E-state index is 0.523. The molecule has 0 spiro atoms. The number of para-hydroxylation sites is 1. The summed E-state index contributed by atoms with van der Waals surface area (Å²) < 4.78 is 0. The van der Waals surface area contributed by atoms with Crippen LogP contribution in [0.2, 0.25) is 5.02 Å². The maximum absolute atomic E-state index is 10.3. The van der Waals surface area contributed by atoms with Gasteiger partial charge in [-0.15, -0.1) is 11.8 Å². The largest absolute Gasteiger partial charge is 0.386 e. The number of halogens is 1. The monoisotopic (exact) mass is 315 g/mol. The molecule has 4 heteroatoms. The van der Waals surface area contributed by atoms with Gasteiger partial charge in [0.05, 0.1) is 16.2 Å². The predicted molar refractivity (Wildman–Crippen MR) is 88.9 cm³/mol. The van der Waals surface area contributed by atoms with Gasteiger partial charge in [-0.2, -0.15) is 0 Å². The van der Waals surface area contributed by atoms with Crippen LogP contribution in [0.15, 0.2) is 65.6 Å². The van der Waals surface area contributed by atoms with Gasteiger partial charge in [0, 0.05) is 16.0 Å². The average molecular weight is 316 g/mol. The van der Waals surface area contributed by atoms with Gasteiger partial charge in [-0.05, 0) is 24.3 Å². The summed E-state index contributed by atoms with van der Waals surface area (Å²) in [6, 6.07) is 19.4. The minimum atomic E-state index is -0.615. The molecule has 1 atom stereocenters. The van der Waals surface area contributed by atoms with Crippen LogP contribution in [0.3, 0.4) is 0 Å². The zero-order chi connectivity index (χ0) is 14.7. The molecule has 0 aliphatic heterocycles. The Morgan fingerprint density at radius 1 is 1.00 bits per heavy atom. The van der Waals surface area contributed by atoms with Crippen molar-refractivity contribution in [3.8, 4) is 0 Å². The van der Waals surface area contributed by atoms with Crippen LogP contribution in [-0.2, 0) is 0 Å². The zero-order valence-electron chi connectivity index (χ0n) is 11.2. The molecule has 0 saturated heterocycles. The number of hydrogen-bond donors (Lipinski definition) is 1. The lowest BCUT2D eigenvalue weighted by Gasteiger charge is -2.11. The van der Waals surface area contributed by atoms with E-state index in [1.807, 2.05) is 60.7 Å². The van der Waals surface area contributed by atoms with Crippen molar-refractivity contribution >= 4 is 34.3 Å². The van der Waals surface area contributed by atoms with Crippen molar-refractivity contribution in [2.24, 2.45) is 0 Å². The van der Waals surface area contributed by atoms with Gasteiger partial charge in [-0.25, -0.2) is 0 Å². The first kappa shape index (κ1) is 14.4. The maximum atomic E-state index is 10.3. The molecule has 2 aromatic carbocycles. The first-order valence-electron chi connectivity index (χ1n) is 6.65. The number of benzene rings is 2. The molecule has 3 aromatic rings. The summed E-state index contributed by atoms with van der Waals surface area (Å²) in [6.07, 6.45) is -0.615. The fraction of sp³-hybridized carbons (Fsp3) is 0.118. The Morgan fingerprint density at radius 2 is 1.76 bits per heavy atom. The summed E-state index contributed by atoms with van der Waals surface area (Å²) in [7, 11) is 0. The molecule has 3 rings (SSSR count). The summed E-state index contributed by atoms with van der Waals surface area (Å²) in [4.78, 5) is 5.48. The molecule has 0 aliphatic rings. The van der Waals surface area contributed by atoms with Gasteiger partial charge >= 0.3 is 0 Å². The number of aliphatic hydroxyl groups excluding tert-OH is 1. The fourth-order valence-electron chi connectivity index (χ4n) is 2.08. The molecule has 0 fully saturated rings. The molecule has 0 radical (unpaired) electrons. The second kappa shape index (κ2) is 6.48. The van der Waals surface area contributed by atoms with Gasteiger partial charge in [-0.1, -0.05) is 48.0 Å². The highest BCUT2D eigenvalue weighted by Crippen LogP contribution is 2.30. The van der Waals surface area contributed by atoms with E-state index in [0.717, 1.165) is 15.8 Å². The Labute approximate surface area is 132 Å². The van der Waals surface area contributed by atoms with E-state index in [1.165, 1.54) is 11.8 Å². The van der Waals surface area contributed by atoms with Crippen LogP contribution in [0.25, 0.3) is 10.9 Å². The Balaban J connectivity index is 1.75. The van der Waals surface area contributed by atoms with Crippen molar-refractivity contribution in [2.45, 2.75) is 11.0 Å². The van der Waals surface area contributed by atoms with Crippen molar-refractivity contribution in [3.05, 3.63) is 71.4 Å². The van der Waals surface area contributed by atoms with Gasteiger partial charge in [0.1, 0.15) is 6.10 Å². The van der Waals surface area contributed by atoms with Gasteiger partial charge in [0.2, 0.25) is 0 Å². The van der Waals surface area contributed by atoms with Crippen molar-refractivity contribution in [2.75, 3.05) is 5.75 Å². The number of thioether (sulfide) groups is 1. The first-order valence-corrected chi connectivity index (χ1v) is 8.01. The summed E-state index contributed by atoms with van der Waals surface area (Å²) >= 11 is 7.65. The maximum Gasteiger partial charge on any atom is 0.105 e. The predicted octanol–water partition coefficient (Wildman–Crippen LogP) is 4.71. The summed E-state index contributed by atoms with van der Waals surface area (Å²) in [5.41, 5.74) is 1.59. The number of hydrogen-bond acceptors (Lipinski definition) is 3. The van der Waals surface area contributed by atoms with E-state index in [-0.39, 0.29) is 0 Å². The Hall–Kier alpha value is -1.55. The van der Waals surface area contributed by atoms with E-state index in [1.54, 1.807) is 0 Å². The van der Waals surface area contributed by atoms with Crippen LogP contribution in [0.4, 0.5) is 0 Å². The number of aromatic nitrogens is 1. The zero-order valence-corrected chi connectivity index (χ0v) is 12.8. The van der Waals surface area contributed by atoms with E-state index in [9.17, 15) is 5.11 Å². The Kier molecular flexibility index (Phi) is 4.44. The first-order chi connectivity index (χ1) is 10.2. The molecule has 0 bridgehead atoms. The molecule has 2 nitrogen and oxygen atoms in total. The molecular formula is C17H14ClNOS. The SMILES string of the molecule is OC(CSc1ccccc1Cl)c1ccc2ccccc2n1. The van der Waals surface area contributed by atoms with Crippen LogP contribution in [0.5, 0.6) is 0 Å². The molecule has 1 N–H and O–H groups in total. The van der Waals surface area contributed by atoms with Gasteiger partial charge in [0.25, 0.3) is 0 Å². The van der Waals surface area contributed by atoms with Gasteiger partial charge in [-0.3, -0.25) is 4.98 Å². The van der Waals surface area contributed by atoms with Crippen LogP contribution in [-0.4, -0.2) is 15.8 Å². The number of aliphatic hydroxyl groups is 1. The van der Waals surface area contributed by atoms with Crippen LogP contribution >= 0.6 is 23.4 Å². The third-order valence-electron chi connectivity index (χ3n) is 3.19. The lowest BCUT2D eigenvalue weighted by atomic mass is 10.2.